The summed E-state index contributed by atoms with van der Waals surface area (Å²) in [6, 6.07) is 26.5. The molecule has 0 aliphatic heterocycles. The molecule has 0 bridgehead atoms. The summed E-state index contributed by atoms with van der Waals surface area (Å²) in [5.74, 6) is 0. The first-order valence-corrected chi connectivity index (χ1v) is 8.48. The van der Waals surface area contributed by atoms with Gasteiger partial charge in [0, 0.05) is 0 Å². The van der Waals surface area contributed by atoms with Crippen molar-refractivity contribution in [3.8, 4) is 11.1 Å². The number of hydrogen-bond donors (Lipinski definition) is 0. The van der Waals surface area contributed by atoms with Gasteiger partial charge in [0.1, 0.15) is 0 Å². The maximum atomic E-state index is 2.30. The molecule has 5 aromatic rings. The molecule has 0 atom stereocenters. The van der Waals surface area contributed by atoms with E-state index in [9.17, 15) is 0 Å². The predicted octanol–water partition coefficient (Wildman–Crippen LogP) is 6.87. The van der Waals surface area contributed by atoms with Crippen LogP contribution in [0.25, 0.3) is 43.4 Å². The molecule has 0 N–H and O–H groups in total. The minimum atomic E-state index is 1.30. The van der Waals surface area contributed by atoms with E-state index in [1.807, 2.05) is 0 Å². The number of hydrogen-bond acceptors (Lipinski definition) is 0. The SMILES string of the molecule is Cc1c(C)c2ccc3cccc4ccc(c1-c1ccccc1)c2c34. The monoisotopic (exact) mass is 306 g/mol. The molecule has 0 heteroatoms. The Morgan fingerprint density at radius 2 is 1.17 bits per heavy atom. The molecule has 24 heavy (non-hydrogen) atoms. The molecule has 0 amide bonds. The van der Waals surface area contributed by atoms with Gasteiger partial charge in [-0.15, -0.1) is 0 Å². The van der Waals surface area contributed by atoms with Crippen molar-refractivity contribution >= 4 is 32.3 Å². The highest BCUT2D eigenvalue weighted by atomic mass is 14.2. The van der Waals surface area contributed by atoms with Gasteiger partial charge in [0.05, 0.1) is 0 Å². The zero-order valence-corrected chi connectivity index (χ0v) is 13.9. The van der Waals surface area contributed by atoms with E-state index in [4.69, 9.17) is 0 Å². The molecular weight excluding hydrogens is 288 g/mol. The second-order valence-corrected chi connectivity index (χ2v) is 6.67. The summed E-state index contributed by atoms with van der Waals surface area (Å²) in [6.07, 6.45) is 0. The highest BCUT2D eigenvalue weighted by molar-refractivity contribution is 6.26. The van der Waals surface area contributed by atoms with Crippen molar-refractivity contribution in [1.29, 1.82) is 0 Å². The highest BCUT2D eigenvalue weighted by Gasteiger charge is 2.16. The third-order valence-electron chi connectivity index (χ3n) is 5.45. The summed E-state index contributed by atoms with van der Waals surface area (Å²) in [5.41, 5.74) is 5.45. The van der Waals surface area contributed by atoms with Crippen LogP contribution in [0.15, 0.2) is 72.8 Å². The van der Waals surface area contributed by atoms with E-state index in [-0.39, 0.29) is 0 Å². The van der Waals surface area contributed by atoms with Gasteiger partial charge in [0.25, 0.3) is 0 Å². The number of benzene rings is 5. The Morgan fingerprint density at radius 3 is 1.88 bits per heavy atom. The van der Waals surface area contributed by atoms with Crippen molar-refractivity contribution in [3.63, 3.8) is 0 Å². The van der Waals surface area contributed by atoms with Crippen LogP contribution in [0.1, 0.15) is 11.1 Å². The summed E-state index contributed by atoms with van der Waals surface area (Å²) in [6.45, 7) is 4.51. The molecule has 0 fully saturated rings. The first kappa shape index (κ1) is 13.6. The van der Waals surface area contributed by atoms with Crippen molar-refractivity contribution < 1.29 is 0 Å². The zero-order valence-electron chi connectivity index (χ0n) is 13.9. The lowest BCUT2D eigenvalue weighted by Crippen LogP contribution is -1.94. The lowest BCUT2D eigenvalue weighted by atomic mass is 9.84. The third kappa shape index (κ3) is 1.68. The van der Waals surface area contributed by atoms with E-state index in [0.29, 0.717) is 0 Å². The Kier molecular flexibility index (Phi) is 2.72. The largest absolute Gasteiger partial charge is 0.0622 e. The molecule has 0 saturated heterocycles. The Hall–Kier alpha value is -2.86. The smallest absolute Gasteiger partial charge is 0.00177 e. The maximum Gasteiger partial charge on any atom is -0.00177 e. The molecule has 0 aromatic heterocycles. The van der Waals surface area contributed by atoms with Gasteiger partial charge in [0.2, 0.25) is 0 Å². The Labute approximate surface area is 141 Å². The summed E-state index contributed by atoms with van der Waals surface area (Å²) < 4.78 is 0. The van der Waals surface area contributed by atoms with Gasteiger partial charge in [0.15, 0.2) is 0 Å². The second-order valence-electron chi connectivity index (χ2n) is 6.67. The highest BCUT2D eigenvalue weighted by Crippen LogP contribution is 2.42. The minimum absolute atomic E-state index is 1.30. The van der Waals surface area contributed by atoms with Crippen LogP contribution in [0.3, 0.4) is 0 Å². The van der Waals surface area contributed by atoms with Crippen molar-refractivity contribution in [1.82, 2.24) is 0 Å². The number of aryl methyl sites for hydroxylation is 1. The fourth-order valence-electron chi connectivity index (χ4n) is 4.17. The molecule has 0 aliphatic rings. The van der Waals surface area contributed by atoms with Crippen molar-refractivity contribution in [3.05, 3.63) is 83.9 Å². The van der Waals surface area contributed by atoms with Crippen LogP contribution in [-0.2, 0) is 0 Å². The van der Waals surface area contributed by atoms with Crippen LogP contribution >= 0.6 is 0 Å². The summed E-state index contributed by atoms with van der Waals surface area (Å²) in [5, 5.41) is 8.20. The van der Waals surface area contributed by atoms with Crippen LogP contribution in [0.2, 0.25) is 0 Å². The van der Waals surface area contributed by atoms with Gasteiger partial charge in [-0.05, 0) is 68.4 Å². The van der Waals surface area contributed by atoms with Gasteiger partial charge in [-0.1, -0.05) is 72.8 Å². The van der Waals surface area contributed by atoms with Gasteiger partial charge in [-0.3, -0.25) is 0 Å². The second kappa shape index (κ2) is 4.82. The molecule has 0 nitrogen and oxygen atoms in total. The first-order valence-electron chi connectivity index (χ1n) is 8.48. The van der Waals surface area contributed by atoms with E-state index in [0.717, 1.165) is 0 Å². The molecule has 5 rings (SSSR count). The molecule has 0 spiro atoms. The fraction of sp³-hybridized carbons (Fsp3) is 0.0833. The Bertz CT molecular complexity index is 1180. The van der Waals surface area contributed by atoms with Crippen LogP contribution in [0.5, 0.6) is 0 Å². The molecule has 5 aromatic carbocycles. The van der Waals surface area contributed by atoms with Crippen molar-refractivity contribution in [2.75, 3.05) is 0 Å². The van der Waals surface area contributed by atoms with Crippen molar-refractivity contribution in [2.45, 2.75) is 13.8 Å². The summed E-state index contributed by atoms with van der Waals surface area (Å²) >= 11 is 0. The molecular formula is C24H18. The van der Waals surface area contributed by atoms with Gasteiger partial charge >= 0.3 is 0 Å². The summed E-state index contributed by atoms with van der Waals surface area (Å²) in [4.78, 5) is 0. The van der Waals surface area contributed by atoms with E-state index in [1.165, 1.54) is 54.6 Å². The lowest BCUT2D eigenvalue weighted by Gasteiger charge is -2.19. The van der Waals surface area contributed by atoms with Gasteiger partial charge < -0.3 is 0 Å². The average Bonchev–Trinajstić information content (AvgIpc) is 2.63. The topological polar surface area (TPSA) is 0 Å². The predicted molar refractivity (Wildman–Crippen MR) is 105 cm³/mol. The van der Waals surface area contributed by atoms with Crippen LogP contribution < -0.4 is 0 Å². The van der Waals surface area contributed by atoms with Crippen LogP contribution in [0, 0.1) is 13.8 Å². The average molecular weight is 306 g/mol. The minimum Gasteiger partial charge on any atom is -0.0622 e. The summed E-state index contributed by atoms with van der Waals surface area (Å²) in [7, 11) is 0. The molecule has 0 aliphatic carbocycles. The quantitative estimate of drug-likeness (QED) is 0.296. The van der Waals surface area contributed by atoms with Crippen molar-refractivity contribution in [2.24, 2.45) is 0 Å². The van der Waals surface area contributed by atoms with E-state index in [1.54, 1.807) is 0 Å². The molecule has 0 heterocycles. The van der Waals surface area contributed by atoms with Crippen LogP contribution in [-0.4, -0.2) is 0 Å². The van der Waals surface area contributed by atoms with E-state index in [2.05, 4.69) is 86.6 Å². The lowest BCUT2D eigenvalue weighted by molar-refractivity contribution is 1.39. The van der Waals surface area contributed by atoms with Crippen LogP contribution in [0.4, 0.5) is 0 Å². The Balaban J connectivity index is 2.10. The molecule has 0 unspecified atom stereocenters. The molecule has 0 radical (unpaired) electrons. The van der Waals surface area contributed by atoms with E-state index >= 15 is 0 Å². The normalized spacial score (nSPS) is 11.8. The Morgan fingerprint density at radius 1 is 0.500 bits per heavy atom. The number of rotatable bonds is 1. The third-order valence-corrected chi connectivity index (χ3v) is 5.45. The van der Waals surface area contributed by atoms with Gasteiger partial charge in [-0.25, -0.2) is 0 Å². The first-order chi connectivity index (χ1) is 11.8. The fourth-order valence-corrected chi connectivity index (χ4v) is 4.17. The maximum absolute atomic E-state index is 2.30. The molecule has 0 saturated carbocycles. The van der Waals surface area contributed by atoms with E-state index < -0.39 is 0 Å². The van der Waals surface area contributed by atoms with Gasteiger partial charge in [-0.2, -0.15) is 0 Å². The zero-order chi connectivity index (χ0) is 16.3. The standard InChI is InChI=1S/C24H18/c1-15-16(2)22(17-7-4-3-5-8-17)21-14-12-19-10-6-9-18-11-13-20(15)24(21)23(18)19/h3-14H,1-2H3. The molecule has 114 valence electrons.